The molecule has 6 nitrogen and oxygen atoms in total. The fourth-order valence-corrected chi connectivity index (χ4v) is 5.27. The Hall–Kier alpha value is -1.63. The van der Waals surface area contributed by atoms with Crippen molar-refractivity contribution in [3.05, 3.63) is 34.9 Å². The third-order valence-electron chi connectivity index (χ3n) is 6.51. The summed E-state index contributed by atoms with van der Waals surface area (Å²) in [5.41, 5.74) is 0.424. The molecule has 2 aliphatic heterocycles. The van der Waals surface area contributed by atoms with Crippen LogP contribution in [0, 0.1) is 5.92 Å². The van der Waals surface area contributed by atoms with Crippen LogP contribution in [0.1, 0.15) is 58.9 Å². The largest absolute Gasteiger partial charge is 0.459 e. The van der Waals surface area contributed by atoms with Crippen LogP contribution in [0.5, 0.6) is 0 Å². The molecule has 2 unspecified atom stereocenters. The molecule has 2 fully saturated rings. The quantitative estimate of drug-likeness (QED) is 0.622. The van der Waals surface area contributed by atoms with Crippen LogP contribution in [0.25, 0.3) is 0 Å². The first-order valence-corrected chi connectivity index (χ1v) is 12.2. The number of carbonyl (C=O) groups is 2. The van der Waals surface area contributed by atoms with E-state index in [1.165, 1.54) is 0 Å². The first-order valence-electron chi connectivity index (χ1n) is 11.8. The second-order valence-corrected chi connectivity index (χ2v) is 10.6. The van der Waals surface area contributed by atoms with Crippen LogP contribution >= 0.6 is 11.6 Å². The van der Waals surface area contributed by atoms with Crippen LogP contribution in [0.3, 0.4) is 0 Å². The molecular weight excluding hydrogens is 426 g/mol. The standard InChI is InChI=1S/C25H38ClN3O3/c1-6-18-12-14-29(22(20-11-8-13-27-20)24(31)32-25(2,3)4)21(18)23(30)28(5)16-17-9-7-10-19(26)15-17/h7,9-10,15,18,20-22,27H,6,8,11-14,16H2,1-5H3/t18-,20-,21?,22?/m0/s1. The highest BCUT2D eigenvalue weighted by atomic mass is 35.5. The van der Waals surface area contributed by atoms with Gasteiger partial charge in [0, 0.05) is 31.2 Å². The van der Waals surface area contributed by atoms with E-state index in [1.54, 1.807) is 4.90 Å². The Labute approximate surface area is 197 Å². The summed E-state index contributed by atoms with van der Waals surface area (Å²) >= 11 is 6.14. The van der Waals surface area contributed by atoms with Crippen molar-refractivity contribution in [2.45, 2.75) is 83.6 Å². The minimum Gasteiger partial charge on any atom is -0.459 e. The van der Waals surface area contributed by atoms with Gasteiger partial charge in [-0.3, -0.25) is 14.5 Å². The number of ether oxygens (including phenoxy) is 1. The maximum Gasteiger partial charge on any atom is 0.325 e. The molecule has 1 aromatic carbocycles. The number of nitrogens with one attached hydrogen (secondary N) is 1. The second-order valence-electron chi connectivity index (χ2n) is 10.1. The normalized spacial score (nSPS) is 25.0. The van der Waals surface area contributed by atoms with Crippen LogP contribution in [-0.4, -0.2) is 65.5 Å². The number of nitrogens with zero attached hydrogens (tertiary/aromatic N) is 2. The van der Waals surface area contributed by atoms with Crippen LogP contribution in [-0.2, 0) is 20.9 Å². The highest BCUT2D eigenvalue weighted by molar-refractivity contribution is 6.30. The number of likely N-dealkylation sites (N-methyl/N-ethyl adjacent to an activating group) is 1. The lowest BCUT2D eigenvalue weighted by Gasteiger charge is -2.38. The number of halogens is 1. The van der Waals surface area contributed by atoms with Crippen LogP contribution in [0.2, 0.25) is 5.02 Å². The van der Waals surface area contributed by atoms with Crippen molar-refractivity contribution in [3.63, 3.8) is 0 Å². The summed E-state index contributed by atoms with van der Waals surface area (Å²) < 4.78 is 5.83. The van der Waals surface area contributed by atoms with Gasteiger partial charge in [-0.1, -0.05) is 37.1 Å². The minimum absolute atomic E-state index is 0.00833. The Bertz CT molecular complexity index is 804. The van der Waals surface area contributed by atoms with Crippen LogP contribution < -0.4 is 5.32 Å². The molecular formula is C25H38ClN3O3. The first kappa shape index (κ1) is 25.0. The second kappa shape index (κ2) is 10.5. The average molecular weight is 464 g/mol. The third kappa shape index (κ3) is 6.03. The summed E-state index contributed by atoms with van der Waals surface area (Å²) in [5.74, 6) is 0.0421. The Balaban J connectivity index is 1.85. The molecule has 1 N–H and O–H groups in total. The molecule has 178 valence electrons. The van der Waals surface area contributed by atoms with Crippen molar-refractivity contribution in [1.82, 2.24) is 15.1 Å². The number of hydrogen-bond donors (Lipinski definition) is 1. The van der Waals surface area contributed by atoms with Crippen LogP contribution in [0.4, 0.5) is 0 Å². The highest BCUT2D eigenvalue weighted by Gasteiger charge is 2.48. The number of carbonyl (C=O) groups excluding carboxylic acids is 2. The molecule has 0 aliphatic carbocycles. The summed E-state index contributed by atoms with van der Waals surface area (Å²) in [6.45, 7) is 9.91. The summed E-state index contributed by atoms with van der Waals surface area (Å²) in [6.07, 6.45) is 3.75. The van der Waals surface area contributed by atoms with Crippen molar-refractivity contribution in [1.29, 1.82) is 0 Å². The van der Waals surface area contributed by atoms with Crippen LogP contribution in [0.15, 0.2) is 24.3 Å². The molecule has 2 heterocycles. The number of hydrogen-bond acceptors (Lipinski definition) is 5. The molecule has 0 saturated carbocycles. The van der Waals surface area contributed by atoms with E-state index in [0.29, 0.717) is 11.6 Å². The van der Waals surface area contributed by atoms with Crippen molar-refractivity contribution in [3.8, 4) is 0 Å². The zero-order chi connectivity index (χ0) is 23.5. The average Bonchev–Trinajstić information content (AvgIpc) is 3.36. The van der Waals surface area contributed by atoms with Crippen molar-refractivity contribution in [2.75, 3.05) is 20.1 Å². The Morgan fingerprint density at radius 1 is 1.31 bits per heavy atom. The van der Waals surface area contributed by atoms with Gasteiger partial charge in [0.2, 0.25) is 5.91 Å². The molecule has 0 bridgehead atoms. The van der Waals surface area contributed by atoms with E-state index in [4.69, 9.17) is 16.3 Å². The number of likely N-dealkylation sites (tertiary alicyclic amines) is 1. The van der Waals surface area contributed by atoms with E-state index in [9.17, 15) is 9.59 Å². The number of rotatable bonds is 7. The lowest BCUT2D eigenvalue weighted by Crippen LogP contribution is -2.59. The smallest absolute Gasteiger partial charge is 0.325 e. The van der Waals surface area contributed by atoms with Gasteiger partial charge in [0.15, 0.2) is 0 Å². The van der Waals surface area contributed by atoms with E-state index >= 15 is 0 Å². The number of amides is 1. The Morgan fingerprint density at radius 2 is 2.06 bits per heavy atom. The maximum atomic E-state index is 13.7. The maximum absolute atomic E-state index is 13.7. The van der Waals surface area contributed by atoms with Gasteiger partial charge in [0.25, 0.3) is 0 Å². The summed E-state index contributed by atoms with van der Waals surface area (Å²) in [5, 5.41) is 4.15. The van der Waals surface area contributed by atoms with Gasteiger partial charge >= 0.3 is 5.97 Å². The van der Waals surface area contributed by atoms with Gasteiger partial charge < -0.3 is 15.0 Å². The van der Waals surface area contributed by atoms with E-state index in [0.717, 1.165) is 44.3 Å². The monoisotopic (exact) mass is 463 g/mol. The molecule has 0 aromatic heterocycles. The van der Waals surface area contributed by atoms with Gasteiger partial charge in [-0.05, 0) is 70.2 Å². The predicted octanol–water partition coefficient (Wildman–Crippen LogP) is 3.86. The zero-order valence-electron chi connectivity index (χ0n) is 20.1. The molecule has 2 aliphatic rings. The molecule has 2 saturated heterocycles. The van der Waals surface area contributed by atoms with Crippen molar-refractivity contribution < 1.29 is 14.3 Å². The SMILES string of the molecule is CC[C@H]1CCN(C(C(=O)OC(C)(C)C)[C@@H]2CCCN2)C1C(=O)N(C)Cc1cccc(Cl)c1. The van der Waals surface area contributed by atoms with E-state index in [-0.39, 0.29) is 29.9 Å². The molecule has 4 atom stereocenters. The first-order chi connectivity index (χ1) is 15.1. The molecule has 1 aromatic rings. The Kier molecular flexibility index (Phi) is 8.23. The van der Waals surface area contributed by atoms with E-state index < -0.39 is 11.6 Å². The fraction of sp³-hybridized carbons (Fsp3) is 0.680. The summed E-state index contributed by atoms with van der Waals surface area (Å²) in [7, 11) is 1.84. The third-order valence-corrected chi connectivity index (χ3v) is 6.74. The van der Waals surface area contributed by atoms with Gasteiger partial charge in [0.1, 0.15) is 11.6 Å². The molecule has 3 rings (SSSR count). The summed E-state index contributed by atoms with van der Waals surface area (Å²) in [6, 6.07) is 6.82. The minimum atomic E-state index is -0.569. The number of benzene rings is 1. The van der Waals surface area contributed by atoms with Crippen molar-refractivity contribution >= 4 is 23.5 Å². The zero-order valence-corrected chi connectivity index (χ0v) is 20.8. The topological polar surface area (TPSA) is 61.9 Å². The van der Waals surface area contributed by atoms with Gasteiger partial charge in [0.05, 0.1) is 6.04 Å². The molecule has 7 heteroatoms. The summed E-state index contributed by atoms with van der Waals surface area (Å²) in [4.78, 5) is 31.0. The predicted molar refractivity (Wildman–Crippen MR) is 127 cm³/mol. The molecule has 0 radical (unpaired) electrons. The van der Waals surface area contributed by atoms with E-state index in [2.05, 4.69) is 17.1 Å². The van der Waals surface area contributed by atoms with Gasteiger partial charge in [-0.2, -0.15) is 0 Å². The molecule has 32 heavy (non-hydrogen) atoms. The lowest BCUT2D eigenvalue weighted by atomic mass is 9.94. The van der Waals surface area contributed by atoms with Crippen molar-refractivity contribution in [2.24, 2.45) is 5.92 Å². The lowest BCUT2D eigenvalue weighted by molar-refractivity contribution is -0.164. The Morgan fingerprint density at radius 3 is 2.66 bits per heavy atom. The van der Waals surface area contributed by atoms with Gasteiger partial charge in [-0.25, -0.2) is 0 Å². The molecule has 1 amide bonds. The molecule has 0 spiro atoms. The highest BCUT2D eigenvalue weighted by Crippen LogP contribution is 2.33. The number of esters is 1. The van der Waals surface area contributed by atoms with E-state index in [1.807, 2.05) is 52.1 Å². The fourth-order valence-electron chi connectivity index (χ4n) is 5.05. The van der Waals surface area contributed by atoms with Gasteiger partial charge in [-0.15, -0.1) is 0 Å².